The predicted molar refractivity (Wildman–Crippen MR) is 91.8 cm³/mol. The Balaban J connectivity index is 2.27. The van der Waals surface area contributed by atoms with Crippen molar-refractivity contribution in [3.05, 3.63) is 0 Å². The number of aliphatic hydroxyl groups excluding tert-OH is 1. The standard InChI is InChI=1S/C18H36O2Si/c1-13-11-15(19)16-14(9-8-10-17(16,2)3)18(13,4)12-20-21(5,6)7/h13-16,19H,8-12H2,1-7H3/t13-,14-,15+,16-,18-/m0/s1. The average molecular weight is 313 g/mol. The SMILES string of the molecule is C[C@H]1C[C@@H](O)[C@@H]2[C@H](CCCC2(C)C)[C@@]1(C)CO[Si](C)(C)C. The van der Waals surface area contributed by atoms with E-state index in [9.17, 15) is 5.11 Å². The van der Waals surface area contributed by atoms with Crippen LogP contribution in [0.25, 0.3) is 0 Å². The van der Waals surface area contributed by atoms with Gasteiger partial charge >= 0.3 is 0 Å². The van der Waals surface area contributed by atoms with Gasteiger partial charge in [0.2, 0.25) is 0 Å². The highest BCUT2D eigenvalue weighted by molar-refractivity contribution is 6.69. The Morgan fingerprint density at radius 2 is 1.81 bits per heavy atom. The van der Waals surface area contributed by atoms with Gasteiger partial charge in [0.25, 0.3) is 0 Å². The molecule has 0 radical (unpaired) electrons. The van der Waals surface area contributed by atoms with Gasteiger partial charge in [-0.2, -0.15) is 0 Å². The fraction of sp³-hybridized carbons (Fsp3) is 1.00. The summed E-state index contributed by atoms with van der Waals surface area (Å²) in [5, 5.41) is 10.7. The summed E-state index contributed by atoms with van der Waals surface area (Å²) < 4.78 is 6.35. The largest absolute Gasteiger partial charge is 0.417 e. The third-order valence-corrected chi connectivity index (χ3v) is 7.48. The fourth-order valence-electron chi connectivity index (χ4n) is 4.96. The highest BCUT2D eigenvalue weighted by Crippen LogP contribution is 2.59. The van der Waals surface area contributed by atoms with E-state index < -0.39 is 8.32 Å². The minimum Gasteiger partial charge on any atom is -0.417 e. The summed E-state index contributed by atoms with van der Waals surface area (Å²) in [6.07, 6.45) is 4.64. The third kappa shape index (κ3) is 3.40. The van der Waals surface area contributed by atoms with Crippen LogP contribution in [0.1, 0.15) is 53.4 Å². The normalized spacial score (nSPS) is 43.4. The summed E-state index contributed by atoms with van der Waals surface area (Å²) >= 11 is 0. The maximum Gasteiger partial charge on any atom is 0.183 e. The number of hydrogen-bond acceptors (Lipinski definition) is 2. The minimum atomic E-state index is -1.49. The highest BCUT2D eigenvalue weighted by atomic mass is 28.4. The van der Waals surface area contributed by atoms with Gasteiger partial charge in [-0.15, -0.1) is 0 Å². The third-order valence-electron chi connectivity index (χ3n) is 6.47. The summed E-state index contributed by atoms with van der Waals surface area (Å²) in [5.41, 5.74) is 0.491. The van der Waals surface area contributed by atoms with Crippen LogP contribution in [0.15, 0.2) is 0 Å². The van der Waals surface area contributed by atoms with Gasteiger partial charge in [0.05, 0.1) is 6.10 Å². The molecule has 2 nitrogen and oxygen atoms in total. The quantitative estimate of drug-likeness (QED) is 0.766. The van der Waals surface area contributed by atoms with Crippen molar-refractivity contribution in [2.24, 2.45) is 28.6 Å². The van der Waals surface area contributed by atoms with E-state index in [2.05, 4.69) is 47.3 Å². The summed E-state index contributed by atoms with van der Waals surface area (Å²) in [4.78, 5) is 0. The number of rotatable bonds is 3. The molecule has 0 saturated heterocycles. The van der Waals surface area contributed by atoms with Gasteiger partial charge < -0.3 is 9.53 Å². The Labute approximate surface area is 132 Å². The first-order valence-corrected chi connectivity index (χ1v) is 12.2. The van der Waals surface area contributed by atoms with Crippen molar-refractivity contribution in [2.75, 3.05) is 6.61 Å². The molecule has 0 aromatic rings. The van der Waals surface area contributed by atoms with Gasteiger partial charge in [-0.3, -0.25) is 0 Å². The molecule has 0 heterocycles. The van der Waals surface area contributed by atoms with E-state index in [1.54, 1.807) is 0 Å². The number of hydrogen-bond donors (Lipinski definition) is 1. The van der Waals surface area contributed by atoms with E-state index >= 15 is 0 Å². The lowest BCUT2D eigenvalue weighted by atomic mass is 9.48. The van der Waals surface area contributed by atoms with Crippen LogP contribution in [0.2, 0.25) is 19.6 Å². The molecule has 124 valence electrons. The van der Waals surface area contributed by atoms with Gasteiger partial charge in [-0.1, -0.05) is 34.1 Å². The molecule has 2 rings (SSSR count). The molecule has 0 aromatic carbocycles. The monoisotopic (exact) mass is 312 g/mol. The van der Waals surface area contributed by atoms with Crippen molar-refractivity contribution in [3.8, 4) is 0 Å². The number of aliphatic hydroxyl groups is 1. The van der Waals surface area contributed by atoms with Crippen LogP contribution in [0.5, 0.6) is 0 Å². The van der Waals surface area contributed by atoms with Crippen LogP contribution >= 0.6 is 0 Å². The van der Waals surface area contributed by atoms with Crippen molar-refractivity contribution in [3.63, 3.8) is 0 Å². The van der Waals surface area contributed by atoms with E-state index in [4.69, 9.17) is 4.43 Å². The first-order chi connectivity index (χ1) is 9.47. The second-order valence-electron chi connectivity index (χ2n) is 9.62. The van der Waals surface area contributed by atoms with Crippen molar-refractivity contribution >= 4 is 8.32 Å². The Kier molecular flexibility index (Phi) is 4.70. The summed E-state index contributed by atoms with van der Waals surface area (Å²) in [7, 11) is -1.49. The van der Waals surface area contributed by atoms with Crippen molar-refractivity contribution in [1.29, 1.82) is 0 Å². The van der Waals surface area contributed by atoms with Gasteiger partial charge in [0, 0.05) is 6.61 Å². The van der Waals surface area contributed by atoms with Crippen LogP contribution in [-0.4, -0.2) is 26.1 Å². The lowest BCUT2D eigenvalue weighted by Gasteiger charge is -2.59. The zero-order chi connectivity index (χ0) is 16.1. The van der Waals surface area contributed by atoms with Crippen LogP contribution in [-0.2, 0) is 4.43 Å². The van der Waals surface area contributed by atoms with Gasteiger partial charge in [-0.05, 0) is 67.5 Å². The Hall–Kier alpha value is 0.137. The molecule has 2 fully saturated rings. The average Bonchev–Trinajstić information content (AvgIpc) is 2.31. The molecule has 2 aliphatic rings. The summed E-state index contributed by atoms with van der Waals surface area (Å²) in [6, 6.07) is 0. The Morgan fingerprint density at radius 3 is 2.38 bits per heavy atom. The smallest absolute Gasteiger partial charge is 0.183 e. The van der Waals surface area contributed by atoms with Crippen LogP contribution in [0.3, 0.4) is 0 Å². The van der Waals surface area contributed by atoms with Gasteiger partial charge in [0.15, 0.2) is 8.32 Å². The Bertz CT molecular complexity index is 374. The van der Waals surface area contributed by atoms with Gasteiger partial charge in [-0.25, -0.2) is 0 Å². The molecular formula is C18H36O2Si. The molecule has 3 heteroatoms. The minimum absolute atomic E-state index is 0.125. The maximum atomic E-state index is 10.7. The van der Waals surface area contributed by atoms with Crippen molar-refractivity contribution < 1.29 is 9.53 Å². The maximum absolute atomic E-state index is 10.7. The van der Waals surface area contributed by atoms with Crippen LogP contribution in [0, 0.1) is 28.6 Å². The topological polar surface area (TPSA) is 29.5 Å². The second-order valence-corrected chi connectivity index (χ2v) is 14.1. The summed E-state index contributed by atoms with van der Waals surface area (Å²) in [6.45, 7) is 17.2. The molecule has 0 bridgehead atoms. The molecule has 0 spiro atoms. The van der Waals surface area contributed by atoms with Crippen molar-refractivity contribution in [1.82, 2.24) is 0 Å². The molecule has 1 N–H and O–H groups in total. The summed E-state index contributed by atoms with van der Waals surface area (Å²) in [5.74, 6) is 1.59. The molecule has 0 aromatic heterocycles. The molecule has 2 aliphatic carbocycles. The molecule has 0 aliphatic heterocycles. The molecule has 0 amide bonds. The molecule has 21 heavy (non-hydrogen) atoms. The van der Waals surface area contributed by atoms with E-state index in [1.165, 1.54) is 19.3 Å². The predicted octanol–water partition coefficient (Wildman–Crippen LogP) is 4.69. The van der Waals surface area contributed by atoms with Crippen LogP contribution < -0.4 is 0 Å². The highest BCUT2D eigenvalue weighted by Gasteiger charge is 2.55. The van der Waals surface area contributed by atoms with E-state index in [-0.39, 0.29) is 16.9 Å². The van der Waals surface area contributed by atoms with E-state index in [0.717, 1.165) is 13.0 Å². The first kappa shape index (κ1) is 17.5. The Morgan fingerprint density at radius 1 is 1.19 bits per heavy atom. The molecule has 5 atom stereocenters. The van der Waals surface area contributed by atoms with E-state index in [0.29, 0.717) is 17.8 Å². The second kappa shape index (κ2) is 5.65. The first-order valence-electron chi connectivity index (χ1n) is 8.79. The molecule has 2 saturated carbocycles. The van der Waals surface area contributed by atoms with Gasteiger partial charge in [0.1, 0.15) is 0 Å². The zero-order valence-corrected chi connectivity index (χ0v) is 16.2. The molecule has 0 unspecified atom stereocenters. The van der Waals surface area contributed by atoms with Crippen molar-refractivity contribution in [2.45, 2.75) is 79.1 Å². The molecular weight excluding hydrogens is 276 g/mol. The lowest BCUT2D eigenvalue weighted by Crippen LogP contribution is -2.57. The van der Waals surface area contributed by atoms with Crippen LogP contribution in [0.4, 0.5) is 0 Å². The lowest BCUT2D eigenvalue weighted by molar-refractivity contribution is -0.152. The zero-order valence-electron chi connectivity index (χ0n) is 15.2. The van der Waals surface area contributed by atoms with E-state index in [1.807, 2.05) is 0 Å². The number of fused-ring (bicyclic) bond motifs is 1. The fourth-order valence-corrected chi connectivity index (χ4v) is 5.71.